The molecule has 0 aromatic carbocycles. The van der Waals surface area contributed by atoms with Gasteiger partial charge in [-0.15, -0.1) is 0 Å². The lowest BCUT2D eigenvalue weighted by Crippen LogP contribution is -2.47. The van der Waals surface area contributed by atoms with Gasteiger partial charge in [0.05, 0.1) is 6.10 Å². The van der Waals surface area contributed by atoms with Gasteiger partial charge in [0.1, 0.15) is 6.04 Å². The Bertz CT molecular complexity index is 324. The maximum absolute atomic E-state index is 12.2. The zero-order valence-corrected chi connectivity index (χ0v) is 11.8. The number of carboxylic acids is 1. The van der Waals surface area contributed by atoms with Crippen LogP contribution in [-0.2, 0) is 9.53 Å². The molecule has 1 saturated heterocycles. The molecule has 1 aliphatic rings. The van der Waals surface area contributed by atoms with Gasteiger partial charge in [-0.3, -0.25) is 0 Å². The molecule has 2 atom stereocenters. The van der Waals surface area contributed by atoms with Crippen molar-refractivity contribution in [3.8, 4) is 0 Å². The van der Waals surface area contributed by atoms with Crippen LogP contribution < -0.4 is 5.32 Å². The lowest BCUT2D eigenvalue weighted by atomic mass is 10.2. The number of rotatable bonds is 6. The van der Waals surface area contributed by atoms with Crippen LogP contribution in [0.15, 0.2) is 0 Å². The summed E-state index contributed by atoms with van der Waals surface area (Å²) in [5, 5.41) is 12.2. The second-order valence-electron chi connectivity index (χ2n) is 4.76. The third-order valence-corrected chi connectivity index (χ3v) is 3.37. The number of hydrogen-bond donors (Lipinski definition) is 2. The molecule has 0 spiro atoms. The van der Waals surface area contributed by atoms with Gasteiger partial charge in [-0.25, -0.2) is 9.59 Å². The fourth-order valence-corrected chi connectivity index (χ4v) is 2.22. The van der Waals surface area contributed by atoms with E-state index < -0.39 is 12.0 Å². The number of nitrogens with one attached hydrogen (secondary N) is 1. The molecular weight excluding hydrogens is 250 g/mol. The minimum absolute atomic E-state index is 0.198. The Balaban J connectivity index is 2.60. The highest BCUT2D eigenvalue weighted by Crippen LogP contribution is 2.21. The SMILES string of the molecule is CNCCCN(C)C(=O)N1CC(OC)CC1C(=O)O. The Kier molecular flexibility index (Phi) is 6.04. The van der Waals surface area contributed by atoms with E-state index in [2.05, 4.69) is 5.32 Å². The summed E-state index contributed by atoms with van der Waals surface area (Å²) >= 11 is 0. The standard InChI is InChI=1S/C12H23N3O4/c1-13-5-4-6-14(2)12(18)15-8-9(19-3)7-10(15)11(16)17/h9-10,13H,4-8H2,1-3H3,(H,16,17). The van der Waals surface area contributed by atoms with Gasteiger partial charge >= 0.3 is 12.0 Å². The topological polar surface area (TPSA) is 82.1 Å². The van der Waals surface area contributed by atoms with Gasteiger partial charge in [-0.2, -0.15) is 0 Å². The van der Waals surface area contributed by atoms with Crippen LogP contribution in [0.5, 0.6) is 0 Å². The molecule has 7 heteroatoms. The molecule has 1 fully saturated rings. The van der Waals surface area contributed by atoms with Gasteiger partial charge in [0.15, 0.2) is 0 Å². The van der Waals surface area contributed by atoms with Crippen LogP contribution in [0.4, 0.5) is 4.79 Å². The highest BCUT2D eigenvalue weighted by atomic mass is 16.5. The van der Waals surface area contributed by atoms with Gasteiger partial charge < -0.3 is 25.0 Å². The fourth-order valence-electron chi connectivity index (χ4n) is 2.22. The quantitative estimate of drug-likeness (QED) is 0.656. The van der Waals surface area contributed by atoms with Crippen molar-refractivity contribution in [1.29, 1.82) is 0 Å². The maximum Gasteiger partial charge on any atom is 0.326 e. The highest BCUT2D eigenvalue weighted by molar-refractivity contribution is 5.83. The normalized spacial score (nSPS) is 22.6. The summed E-state index contributed by atoms with van der Waals surface area (Å²) in [7, 11) is 5.08. The molecule has 19 heavy (non-hydrogen) atoms. The first-order valence-electron chi connectivity index (χ1n) is 6.43. The monoisotopic (exact) mass is 273 g/mol. The first-order chi connectivity index (χ1) is 9.01. The van der Waals surface area contributed by atoms with Crippen molar-refractivity contribution in [3.63, 3.8) is 0 Å². The Morgan fingerprint density at radius 2 is 2.21 bits per heavy atom. The summed E-state index contributed by atoms with van der Waals surface area (Å²) in [5.41, 5.74) is 0. The summed E-state index contributed by atoms with van der Waals surface area (Å²) in [5.74, 6) is -0.975. The number of methoxy groups -OCH3 is 1. The van der Waals surface area contributed by atoms with Crippen LogP contribution >= 0.6 is 0 Å². The van der Waals surface area contributed by atoms with Gasteiger partial charge in [-0.1, -0.05) is 0 Å². The molecule has 110 valence electrons. The van der Waals surface area contributed by atoms with Gasteiger partial charge in [0, 0.05) is 33.7 Å². The zero-order chi connectivity index (χ0) is 14.4. The number of likely N-dealkylation sites (tertiary alicyclic amines) is 1. The molecule has 0 bridgehead atoms. The third kappa shape index (κ3) is 4.07. The van der Waals surface area contributed by atoms with Crippen LogP contribution in [0.1, 0.15) is 12.8 Å². The Morgan fingerprint density at radius 3 is 2.74 bits per heavy atom. The first kappa shape index (κ1) is 15.7. The van der Waals surface area contributed by atoms with E-state index in [0.29, 0.717) is 19.5 Å². The van der Waals surface area contributed by atoms with Gasteiger partial charge in [0.2, 0.25) is 0 Å². The fraction of sp³-hybridized carbons (Fsp3) is 0.833. The van der Waals surface area contributed by atoms with Crippen molar-refractivity contribution >= 4 is 12.0 Å². The first-order valence-corrected chi connectivity index (χ1v) is 6.43. The molecular formula is C12H23N3O4. The molecule has 1 heterocycles. The molecule has 0 saturated carbocycles. The zero-order valence-electron chi connectivity index (χ0n) is 11.8. The Labute approximate surface area is 113 Å². The van der Waals surface area contributed by atoms with Crippen LogP contribution in [0.2, 0.25) is 0 Å². The minimum Gasteiger partial charge on any atom is -0.480 e. The molecule has 2 unspecified atom stereocenters. The molecule has 1 aliphatic heterocycles. The van der Waals surface area contributed by atoms with E-state index >= 15 is 0 Å². The van der Waals surface area contributed by atoms with Crippen molar-refractivity contribution in [2.45, 2.75) is 25.0 Å². The maximum atomic E-state index is 12.2. The third-order valence-electron chi connectivity index (χ3n) is 3.37. The van der Waals surface area contributed by atoms with E-state index in [9.17, 15) is 9.59 Å². The largest absolute Gasteiger partial charge is 0.480 e. The molecule has 0 aliphatic carbocycles. The molecule has 1 rings (SSSR count). The second-order valence-corrected chi connectivity index (χ2v) is 4.76. The van der Waals surface area contributed by atoms with Crippen LogP contribution in [-0.4, -0.2) is 79.9 Å². The highest BCUT2D eigenvalue weighted by Gasteiger charge is 2.40. The number of nitrogens with zero attached hydrogens (tertiary/aromatic N) is 2. The molecule has 2 amide bonds. The molecule has 0 aromatic rings. The average Bonchev–Trinajstić information content (AvgIpc) is 2.82. The predicted octanol–water partition coefficient (Wildman–Crippen LogP) is -0.178. The van der Waals surface area contributed by atoms with Crippen molar-refractivity contribution in [2.24, 2.45) is 0 Å². The average molecular weight is 273 g/mol. The van der Waals surface area contributed by atoms with Crippen LogP contribution in [0.3, 0.4) is 0 Å². The van der Waals surface area contributed by atoms with Crippen molar-refractivity contribution in [1.82, 2.24) is 15.1 Å². The van der Waals surface area contributed by atoms with E-state index in [0.717, 1.165) is 13.0 Å². The second kappa shape index (κ2) is 7.30. The predicted molar refractivity (Wildman–Crippen MR) is 70.1 cm³/mol. The number of urea groups is 1. The number of carboxylic acid groups (broad SMARTS) is 1. The van der Waals surface area contributed by atoms with E-state index in [1.165, 1.54) is 12.0 Å². The molecule has 0 aromatic heterocycles. The Hall–Kier alpha value is -1.34. The number of amides is 2. The number of ether oxygens (including phenoxy) is 1. The van der Waals surface area contributed by atoms with Gasteiger partial charge in [-0.05, 0) is 20.0 Å². The lowest BCUT2D eigenvalue weighted by molar-refractivity contribution is -0.141. The number of aliphatic carboxylic acids is 1. The van der Waals surface area contributed by atoms with E-state index in [1.54, 1.807) is 11.9 Å². The summed E-state index contributed by atoms with van der Waals surface area (Å²) in [4.78, 5) is 26.4. The van der Waals surface area contributed by atoms with Crippen molar-refractivity contribution < 1.29 is 19.4 Å². The smallest absolute Gasteiger partial charge is 0.326 e. The lowest BCUT2D eigenvalue weighted by Gasteiger charge is -2.27. The van der Waals surface area contributed by atoms with Crippen molar-refractivity contribution in [2.75, 3.05) is 40.8 Å². The number of carbonyl (C=O) groups is 2. The Morgan fingerprint density at radius 1 is 1.53 bits per heavy atom. The minimum atomic E-state index is -0.975. The summed E-state index contributed by atoms with van der Waals surface area (Å²) < 4.78 is 5.16. The van der Waals surface area contributed by atoms with E-state index in [-0.39, 0.29) is 12.1 Å². The summed E-state index contributed by atoms with van der Waals surface area (Å²) in [6, 6.07) is -1.03. The molecule has 7 nitrogen and oxygen atoms in total. The number of carbonyl (C=O) groups excluding carboxylic acids is 1. The number of hydrogen-bond acceptors (Lipinski definition) is 4. The van der Waals surface area contributed by atoms with Crippen LogP contribution in [0, 0.1) is 0 Å². The van der Waals surface area contributed by atoms with Crippen LogP contribution in [0.25, 0.3) is 0 Å². The van der Waals surface area contributed by atoms with Gasteiger partial charge in [0.25, 0.3) is 0 Å². The molecule has 0 radical (unpaired) electrons. The summed E-state index contributed by atoms with van der Waals surface area (Å²) in [6.07, 6.45) is 0.982. The molecule has 2 N–H and O–H groups in total. The summed E-state index contributed by atoms with van der Waals surface area (Å²) in [6.45, 7) is 1.75. The van der Waals surface area contributed by atoms with E-state index in [4.69, 9.17) is 9.84 Å². The van der Waals surface area contributed by atoms with Crippen molar-refractivity contribution in [3.05, 3.63) is 0 Å². The van der Waals surface area contributed by atoms with E-state index in [1.807, 2.05) is 7.05 Å².